The average Bonchev–Trinajstić information content (AvgIpc) is 2.60. The van der Waals surface area contributed by atoms with Crippen molar-refractivity contribution >= 4 is 11.8 Å². The van der Waals surface area contributed by atoms with Gasteiger partial charge in [-0.15, -0.1) is 0 Å². The Morgan fingerprint density at radius 1 is 1.42 bits per heavy atom. The number of thioether (sulfide) groups is 1. The van der Waals surface area contributed by atoms with Crippen LogP contribution in [0.4, 0.5) is 0 Å². The second kappa shape index (κ2) is 2.87. The first-order valence-electron chi connectivity index (χ1n) is 4.33. The molecule has 3 nitrogen and oxygen atoms in total. The van der Waals surface area contributed by atoms with E-state index in [0.29, 0.717) is 19.6 Å². The number of rotatable bonds is 1. The fraction of sp³-hybridized carbons (Fsp3) is 1.00. The third kappa shape index (κ3) is 1.18. The molecule has 2 rings (SSSR count). The van der Waals surface area contributed by atoms with Gasteiger partial charge >= 0.3 is 0 Å². The SMILES string of the molecule is NC1(C2(O)CCOC2)CCSC1. The molecule has 2 unspecified atom stereocenters. The third-order valence-corrected chi connectivity index (χ3v) is 4.19. The van der Waals surface area contributed by atoms with E-state index < -0.39 is 11.1 Å². The fourth-order valence-electron chi connectivity index (χ4n) is 1.89. The zero-order chi connectivity index (χ0) is 8.66. The standard InChI is InChI=1S/C8H15NO2S/c9-7(2-4-12-6-7)8(10)1-3-11-5-8/h10H,1-6,9H2. The lowest BCUT2D eigenvalue weighted by Crippen LogP contribution is -2.61. The maximum absolute atomic E-state index is 10.2. The van der Waals surface area contributed by atoms with Gasteiger partial charge in [0.2, 0.25) is 0 Å². The van der Waals surface area contributed by atoms with Crippen molar-refractivity contribution in [1.29, 1.82) is 0 Å². The molecular weight excluding hydrogens is 174 g/mol. The van der Waals surface area contributed by atoms with Crippen LogP contribution < -0.4 is 5.73 Å². The van der Waals surface area contributed by atoms with Crippen LogP contribution in [0.15, 0.2) is 0 Å². The summed E-state index contributed by atoms with van der Waals surface area (Å²) in [5, 5.41) is 10.2. The average molecular weight is 189 g/mol. The molecule has 2 aliphatic heterocycles. The summed E-state index contributed by atoms with van der Waals surface area (Å²) < 4.78 is 5.20. The minimum absolute atomic E-state index is 0.395. The quantitative estimate of drug-likeness (QED) is 0.608. The van der Waals surface area contributed by atoms with Crippen molar-refractivity contribution in [1.82, 2.24) is 0 Å². The lowest BCUT2D eigenvalue weighted by Gasteiger charge is -2.37. The van der Waals surface area contributed by atoms with Crippen molar-refractivity contribution in [3.8, 4) is 0 Å². The van der Waals surface area contributed by atoms with Crippen molar-refractivity contribution in [3.63, 3.8) is 0 Å². The van der Waals surface area contributed by atoms with Crippen LogP contribution >= 0.6 is 11.8 Å². The number of aliphatic hydroxyl groups is 1. The summed E-state index contributed by atoms with van der Waals surface area (Å²) in [5.74, 6) is 1.94. The predicted molar refractivity (Wildman–Crippen MR) is 49.2 cm³/mol. The Balaban J connectivity index is 2.14. The third-order valence-electron chi connectivity index (χ3n) is 2.98. The van der Waals surface area contributed by atoms with Crippen LogP contribution in [0.3, 0.4) is 0 Å². The molecule has 2 saturated heterocycles. The lowest BCUT2D eigenvalue weighted by atomic mass is 9.79. The van der Waals surface area contributed by atoms with Gasteiger partial charge in [0.25, 0.3) is 0 Å². The van der Waals surface area contributed by atoms with Gasteiger partial charge in [0.1, 0.15) is 5.60 Å². The Hall–Kier alpha value is 0.230. The van der Waals surface area contributed by atoms with Crippen LogP contribution in [-0.4, -0.2) is 41.0 Å². The van der Waals surface area contributed by atoms with Crippen LogP contribution in [-0.2, 0) is 4.74 Å². The van der Waals surface area contributed by atoms with E-state index in [1.54, 1.807) is 0 Å². The Labute approximate surface area is 76.7 Å². The largest absolute Gasteiger partial charge is 0.385 e. The van der Waals surface area contributed by atoms with E-state index in [1.807, 2.05) is 11.8 Å². The fourth-order valence-corrected chi connectivity index (χ4v) is 3.32. The molecule has 0 saturated carbocycles. The molecule has 0 aromatic rings. The summed E-state index contributed by atoms with van der Waals surface area (Å²) in [6.45, 7) is 1.07. The molecule has 3 N–H and O–H groups in total. The predicted octanol–water partition coefficient (Wildman–Crippen LogP) is -0.0278. The molecule has 4 heteroatoms. The molecule has 0 amide bonds. The molecule has 0 aliphatic carbocycles. The molecule has 0 aromatic carbocycles. The molecule has 0 aromatic heterocycles. The van der Waals surface area contributed by atoms with Gasteiger partial charge in [-0.05, 0) is 12.2 Å². The first-order valence-corrected chi connectivity index (χ1v) is 5.49. The van der Waals surface area contributed by atoms with Gasteiger partial charge in [-0.1, -0.05) is 0 Å². The van der Waals surface area contributed by atoms with E-state index in [-0.39, 0.29) is 0 Å². The number of nitrogens with two attached hydrogens (primary N) is 1. The summed E-state index contributed by atoms with van der Waals surface area (Å²) in [5.41, 5.74) is 5.00. The second-order valence-corrected chi connectivity index (χ2v) is 4.90. The van der Waals surface area contributed by atoms with Crippen LogP contribution in [0.25, 0.3) is 0 Å². The minimum Gasteiger partial charge on any atom is -0.385 e. The van der Waals surface area contributed by atoms with E-state index >= 15 is 0 Å². The van der Waals surface area contributed by atoms with Gasteiger partial charge in [0.05, 0.1) is 12.1 Å². The smallest absolute Gasteiger partial charge is 0.109 e. The first kappa shape index (κ1) is 8.81. The Bertz CT molecular complexity index is 154. The van der Waals surface area contributed by atoms with Crippen LogP contribution in [0.2, 0.25) is 0 Å². The number of hydrogen-bond acceptors (Lipinski definition) is 4. The summed E-state index contributed by atoms with van der Waals surface area (Å²) in [7, 11) is 0. The molecule has 0 radical (unpaired) electrons. The summed E-state index contributed by atoms with van der Waals surface area (Å²) >= 11 is 1.83. The van der Waals surface area contributed by atoms with E-state index in [4.69, 9.17) is 10.5 Å². The maximum Gasteiger partial charge on any atom is 0.109 e. The van der Waals surface area contributed by atoms with Crippen molar-refractivity contribution in [2.45, 2.75) is 24.0 Å². The summed E-state index contributed by atoms with van der Waals surface area (Å²) in [4.78, 5) is 0. The summed E-state index contributed by atoms with van der Waals surface area (Å²) in [6, 6.07) is 0. The molecule has 70 valence electrons. The highest BCUT2D eigenvalue weighted by molar-refractivity contribution is 7.99. The van der Waals surface area contributed by atoms with Crippen molar-refractivity contribution in [3.05, 3.63) is 0 Å². The van der Waals surface area contributed by atoms with Crippen molar-refractivity contribution in [2.75, 3.05) is 24.7 Å². The molecule has 2 heterocycles. The van der Waals surface area contributed by atoms with Gasteiger partial charge in [-0.3, -0.25) is 0 Å². The van der Waals surface area contributed by atoms with E-state index in [2.05, 4.69) is 0 Å². The molecule has 12 heavy (non-hydrogen) atoms. The van der Waals surface area contributed by atoms with Crippen LogP contribution in [0.1, 0.15) is 12.8 Å². The Kier molecular flexibility index (Phi) is 2.11. The maximum atomic E-state index is 10.2. The van der Waals surface area contributed by atoms with E-state index in [1.165, 1.54) is 0 Å². The summed E-state index contributed by atoms with van der Waals surface area (Å²) in [6.07, 6.45) is 1.61. The second-order valence-electron chi connectivity index (χ2n) is 3.79. The van der Waals surface area contributed by atoms with Crippen LogP contribution in [0, 0.1) is 0 Å². The van der Waals surface area contributed by atoms with Gasteiger partial charge in [0.15, 0.2) is 0 Å². The van der Waals surface area contributed by atoms with Crippen molar-refractivity contribution < 1.29 is 9.84 Å². The molecule has 2 atom stereocenters. The highest BCUT2D eigenvalue weighted by Crippen LogP contribution is 2.38. The highest BCUT2D eigenvalue weighted by atomic mass is 32.2. The number of ether oxygens (including phenoxy) is 1. The Morgan fingerprint density at radius 3 is 2.75 bits per heavy atom. The molecule has 0 bridgehead atoms. The molecule has 2 fully saturated rings. The molecule has 0 spiro atoms. The zero-order valence-electron chi connectivity index (χ0n) is 7.08. The normalized spacial score (nSPS) is 48.5. The van der Waals surface area contributed by atoms with Crippen LogP contribution in [0.5, 0.6) is 0 Å². The van der Waals surface area contributed by atoms with E-state index in [9.17, 15) is 5.11 Å². The van der Waals surface area contributed by atoms with Gasteiger partial charge < -0.3 is 15.6 Å². The lowest BCUT2D eigenvalue weighted by molar-refractivity contribution is -0.0311. The number of hydrogen-bond donors (Lipinski definition) is 2. The van der Waals surface area contributed by atoms with Gasteiger partial charge in [-0.2, -0.15) is 11.8 Å². The monoisotopic (exact) mass is 189 g/mol. The zero-order valence-corrected chi connectivity index (χ0v) is 7.90. The van der Waals surface area contributed by atoms with Gasteiger partial charge in [0, 0.05) is 18.8 Å². The molecular formula is C8H15NO2S. The van der Waals surface area contributed by atoms with Gasteiger partial charge in [-0.25, -0.2) is 0 Å². The Morgan fingerprint density at radius 2 is 2.25 bits per heavy atom. The molecule has 2 aliphatic rings. The highest BCUT2D eigenvalue weighted by Gasteiger charge is 2.51. The topological polar surface area (TPSA) is 55.5 Å². The van der Waals surface area contributed by atoms with E-state index in [0.717, 1.165) is 17.9 Å². The van der Waals surface area contributed by atoms with Crippen molar-refractivity contribution in [2.24, 2.45) is 5.73 Å². The first-order chi connectivity index (χ1) is 5.66. The minimum atomic E-state index is -0.753.